The topological polar surface area (TPSA) is 81.7 Å². The standard InChI is InChI=1S/C23H39N3O3/c1-21(2,18-11-9-17(15-27)10-12-18)16-22(3,4)19(28)25-23(5,6)20(29)24-13-14-26(7)8/h9-12,27H,13-16H2,1-8H3,(H,24,29)(H,25,28). The normalized spacial score (nSPS) is 12.8. The van der Waals surface area contributed by atoms with E-state index in [1.54, 1.807) is 13.8 Å². The molecule has 6 heteroatoms. The van der Waals surface area contributed by atoms with Crippen LogP contribution in [0.1, 0.15) is 59.1 Å². The summed E-state index contributed by atoms with van der Waals surface area (Å²) in [5.41, 5.74) is 0.0702. The highest BCUT2D eigenvalue weighted by Crippen LogP contribution is 2.37. The molecule has 0 radical (unpaired) electrons. The van der Waals surface area contributed by atoms with Crippen LogP contribution in [0.5, 0.6) is 0 Å². The zero-order chi connectivity index (χ0) is 22.5. The first-order valence-corrected chi connectivity index (χ1v) is 10.2. The summed E-state index contributed by atoms with van der Waals surface area (Å²) >= 11 is 0. The fraction of sp³-hybridized carbons (Fsp3) is 0.652. The van der Waals surface area contributed by atoms with Crippen LogP contribution in [0.25, 0.3) is 0 Å². The molecule has 0 atom stereocenters. The number of aliphatic hydroxyl groups is 1. The molecule has 0 aliphatic rings. The van der Waals surface area contributed by atoms with Crippen LogP contribution in [0.4, 0.5) is 0 Å². The number of aliphatic hydroxyl groups excluding tert-OH is 1. The van der Waals surface area contributed by atoms with Gasteiger partial charge in [0.25, 0.3) is 0 Å². The van der Waals surface area contributed by atoms with Crippen molar-refractivity contribution in [3.8, 4) is 0 Å². The molecular weight excluding hydrogens is 366 g/mol. The van der Waals surface area contributed by atoms with E-state index in [9.17, 15) is 14.7 Å². The summed E-state index contributed by atoms with van der Waals surface area (Å²) in [6.07, 6.45) is 0.614. The molecule has 1 aromatic carbocycles. The van der Waals surface area contributed by atoms with Gasteiger partial charge in [-0.15, -0.1) is 0 Å². The Hall–Kier alpha value is -1.92. The maximum atomic E-state index is 13.0. The van der Waals surface area contributed by atoms with E-state index < -0.39 is 11.0 Å². The van der Waals surface area contributed by atoms with Crippen molar-refractivity contribution in [1.29, 1.82) is 0 Å². The SMILES string of the molecule is CN(C)CCNC(=O)C(C)(C)NC(=O)C(C)(C)CC(C)(C)c1ccc(CO)cc1. The molecule has 0 unspecified atom stereocenters. The lowest BCUT2D eigenvalue weighted by atomic mass is 9.70. The Bertz CT molecular complexity index is 692. The minimum atomic E-state index is -0.992. The molecule has 6 nitrogen and oxygen atoms in total. The summed E-state index contributed by atoms with van der Waals surface area (Å²) in [7, 11) is 3.89. The van der Waals surface area contributed by atoms with Gasteiger partial charge in [0.1, 0.15) is 5.54 Å². The molecule has 164 valence electrons. The lowest BCUT2D eigenvalue weighted by Gasteiger charge is -2.37. The number of nitrogens with zero attached hydrogens (tertiary/aromatic N) is 1. The van der Waals surface area contributed by atoms with Crippen LogP contribution in [-0.4, -0.2) is 54.5 Å². The van der Waals surface area contributed by atoms with Gasteiger partial charge in [-0.1, -0.05) is 52.0 Å². The molecule has 0 aromatic heterocycles. The van der Waals surface area contributed by atoms with E-state index in [-0.39, 0.29) is 23.8 Å². The van der Waals surface area contributed by atoms with Gasteiger partial charge in [0, 0.05) is 18.5 Å². The number of rotatable bonds is 10. The van der Waals surface area contributed by atoms with E-state index in [1.807, 2.05) is 57.1 Å². The van der Waals surface area contributed by atoms with E-state index in [4.69, 9.17) is 0 Å². The molecule has 3 N–H and O–H groups in total. The highest BCUT2D eigenvalue weighted by Gasteiger charge is 2.39. The van der Waals surface area contributed by atoms with Crippen LogP contribution < -0.4 is 10.6 Å². The van der Waals surface area contributed by atoms with Gasteiger partial charge >= 0.3 is 0 Å². The van der Waals surface area contributed by atoms with Crippen molar-refractivity contribution < 1.29 is 14.7 Å². The fourth-order valence-electron chi connectivity index (χ4n) is 3.47. The van der Waals surface area contributed by atoms with Crippen molar-refractivity contribution in [2.75, 3.05) is 27.2 Å². The van der Waals surface area contributed by atoms with Crippen LogP contribution in [0.2, 0.25) is 0 Å². The first-order chi connectivity index (χ1) is 13.2. The fourth-order valence-corrected chi connectivity index (χ4v) is 3.47. The number of nitrogens with one attached hydrogen (secondary N) is 2. The average molecular weight is 406 g/mol. The Morgan fingerprint density at radius 1 is 0.966 bits per heavy atom. The van der Waals surface area contributed by atoms with Crippen molar-refractivity contribution in [3.05, 3.63) is 35.4 Å². The molecule has 0 heterocycles. The third-order valence-electron chi connectivity index (χ3n) is 5.25. The second kappa shape index (κ2) is 9.72. The van der Waals surface area contributed by atoms with Crippen molar-refractivity contribution in [3.63, 3.8) is 0 Å². The van der Waals surface area contributed by atoms with Gasteiger partial charge in [0.15, 0.2) is 0 Å². The predicted molar refractivity (Wildman–Crippen MR) is 118 cm³/mol. The molecule has 0 spiro atoms. The third kappa shape index (κ3) is 7.44. The van der Waals surface area contributed by atoms with Crippen molar-refractivity contribution >= 4 is 11.8 Å². The van der Waals surface area contributed by atoms with Crippen LogP contribution in [0, 0.1) is 5.41 Å². The number of benzene rings is 1. The zero-order valence-electron chi connectivity index (χ0n) is 19.3. The predicted octanol–water partition coefficient (Wildman–Crippen LogP) is 2.45. The molecule has 0 aliphatic carbocycles. The van der Waals surface area contributed by atoms with Gasteiger partial charge in [0.05, 0.1) is 6.61 Å². The monoisotopic (exact) mass is 405 g/mol. The highest BCUT2D eigenvalue weighted by atomic mass is 16.3. The van der Waals surface area contributed by atoms with E-state index in [1.165, 1.54) is 0 Å². The lowest BCUT2D eigenvalue weighted by molar-refractivity contribution is -0.137. The molecule has 1 rings (SSSR count). The number of carbonyl (C=O) groups excluding carboxylic acids is 2. The van der Waals surface area contributed by atoms with Gasteiger partial charge < -0.3 is 20.6 Å². The summed E-state index contributed by atoms with van der Waals surface area (Å²) in [5, 5.41) is 15.0. The number of amides is 2. The summed E-state index contributed by atoms with van der Waals surface area (Å²) in [4.78, 5) is 27.5. The van der Waals surface area contributed by atoms with Crippen molar-refractivity contribution in [2.45, 2.75) is 65.5 Å². The lowest BCUT2D eigenvalue weighted by Crippen LogP contribution is -2.58. The molecule has 0 aliphatic heterocycles. The second-order valence-electron chi connectivity index (χ2n) is 9.94. The van der Waals surface area contributed by atoms with Gasteiger partial charge in [-0.3, -0.25) is 9.59 Å². The van der Waals surface area contributed by atoms with Crippen molar-refractivity contribution in [1.82, 2.24) is 15.5 Å². The Kier molecular flexibility index (Phi) is 8.42. The molecular formula is C23H39N3O3. The van der Waals surface area contributed by atoms with Crippen LogP contribution >= 0.6 is 0 Å². The summed E-state index contributed by atoms with van der Waals surface area (Å²) in [5.74, 6) is -0.340. The molecule has 0 saturated heterocycles. The maximum Gasteiger partial charge on any atom is 0.245 e. The molecule has 0 saturated carbocycles. The molecule has 0 fully saturated rings. The minimum Gasteiger partial charge on any atom is -0.392 e. The molecule has 1 aromatic rings. The largest absolute Gasteiger partial charge is 0.392 e. The molecule has 0 bridgehead atoms. The van der Waals surface area contributed by atoms with E-state index in [2.05, 4.69) is 24.5 Å². The highest BCUT2D eigenvalue weighted by molar-refractivity contribution is 5.92. The van der Waals surface area contributed by atoms with Gasteiger partial charge in [-0.2, -0.15) is 0 Å². The zero-order valence-corrected chi connectivity index (χ0v) is 19.3. The quantitative estimate of drug-likeness (QED) is 0.558. The summed E-state index contributed by atoms with van der Waals surface area (Å²) < 4.78 is 0. The second-order valence-corrected chi connectivity index (χ2v) is 9.94. The minimum absolute atomic E-state index is 0.0142. The smallest absolute Gasteiger partial charge is 0.245 e. The van der Waals surface area contributed by atoms with Gasteiger partial charge in [-0.25, -0.2) is 0 Å². The van der Waals surface area contributed by atoms with E-state index in [0.29, 0.717) is 13.0 Å². The van der Waals surface area contributed by atoms with Crippen LogP contribution in [-0.2, 0) is 21.6 Å². The summed E-state index contributed by atoms with van der Waals surface area (Å²) in [6, 6.07) is 7.82. The third-order valence-corrected chi connectivity index (χ3v) is 5.25. The van der Waals surface area contributed by atoms with Gasteiger partial charge in [-0.05, 0) is 50.9 Å². The number of hydrogen-bond donors (Lipinski definition) is 3. The first-order valence-electron chi connectivity index (χ1n) is 10.2. The number of carbonyl (C=O) groups is 2. The van der Waals surface area contributed by atoms with E-state index >= 15 is 0 Å². The Labute approximate surface area is 176 Å². The number of likely N-dealkylation sites (N-methyl/N-ethyl adjacent to an activating group) is 1. The first kappa shape index (κ1) is 25.1. The summed E-state index contributed by atoms with van der Waals surface area (Å²) in [6.45, 7) is 12.8. The van der Waals surface area contributed by atoms with Crippen LogP contribution in [0.15, 0.2) is 24.3 Å². The van der Waals surface area contributed by atoms with Crippen LogP contribution in [0.3, 0.4) is 0 Å². The molecule has 29 heavy (non-hydrogen) atoms. The average Bonchev–Trinajstić information content (AvgIpc) is 2.60. The Morgan fingerprint density at radius 3 is 2.00 bits per heavy atom. The van der Waals surface area contributed by atoms with Gasteiger partial charge in [0.2, 0.25) is 11.8 Å². The Balaban J connectivity index is 2.81. The van der Waals surface area contributed by atoms with Crippen molar-refractivity contribution in [2.24, 2.45) is 5.41 Å². The Morgan fingerprint density at radius 2 is 1.52 bits per heavy atom. The van der Waals surface area contributed by atoms with E-state index in [0.717, 1.165) is 17.7 Å². The molecule has 2 amide bonds. The maximum absolute atomic E-state index is 13.0. The number of hydrogen-bond acceptors (Lipinski definition) is 4.